The van der Waals surface area contributed by atoms with Gasteiger partial charge in [0.25, 0.3) is 5.91 Å². The molecule has 0 spiro atoms. The molecule has 226 valence electrons. The minimum Gasteiger partial charge on any atom is -0.392 e. The first kappa shape index (κ1) is 30.5. The van der Waals surface area contributed by atoms with E-state index in [1.165, 1.54) is 34.6 Å². The van der Waals surface area contributed by atoms with Crippen molar-refractivity contribution in [3.05, 3.63) is 99.9 Å². The predicted molar refractivity (Wildman–Crippen MR) is 143 cm³/mol. The number of thioether (sulfide) groups is 1. The van der Waals surface area contributed by atoms with Crippen LogP contribution in [0.1, 0.15) is 46.4 Å². The van der Waals surface area contributed by atoms with Crippen LogP contribution in [0.25, 0.3) is 0 Å². The van der Waals surface area contributed by atoms with E-state index in [1.807, 2.05) is 19.1 Å². The van der Waals surface area contributed by atoms with E-state index in [0.29, 0.717) is 16.5 Å². The Morgan fingerprint density at radius 1 is 0.977 bits per heavy atom. The van der Waals surface area contributed by atoms with Crippen LogP contribution in [0, 0.1) is 35.0 Å². The molecule has 0 aliphatic carbocycles. The minimum atomic E-state index is -2.36. The Balaban J connectivity index is 1.42. The van der Waals surface area contributed by atoms with Crippen LogP contribution in [0.2, 0.25) is 0 Å². The number of aliphatic hydroxyl groups is 1. The number of amides is 1. The lowest BCUT2D eigenvalue weighted by molar-refractivity contribution is -0.268. The van der Waals surface area contributed by atoms with Crippen molar-refractivity contribution in [2.24, 2.45) is 13.0 Å². The van der Waals surface area contributed by atoms with Crippen molar-refractivity contribution in [1.29, 1.82) is 0 Å². The molecular formula is C28H24F5N5O4S. The molecule has 1 amide bonds. The fourth-order valence-corrected chi connectivity index (χ4v) is 5.58. The van der Waals surface area contributed by atoms with Gasteiger partial charge in [-0.15, -0.1) is 5.10 Å². The van der Waals surface area contributed by atoms with Crippen LogP contribution in [0.4, 0.5) is 27.6 Å². The Labute approximate surface area is 246 Å². The van der Waals surface area contributed by atoms with Crippen LogP contribution in [0.15, 0.2) is 53.7 Å². The van der Waals surface area contributed by atoms with E-state index in [0.717, 1.165) is 11.1 Å². The Morgan fingerprint density at radius 2 is 1.65 bits per heavy atom. The third-order valence-corrected chi connectivity index (χ3v) is 8.03. The number of nitrogens with zero attached hydrogens (tertiary/aromatic N) is 4. The number of aliphatic hydroxyl groups excluding tert-OH is 1. The minimum absolute atomic E-state index is 0.00260. The molecule has 43 heavy (non-hydrogen) atoms. The summed E-state index contributed by atoms with van der Waals surface area (Å²) in [5, 5.41) is 23.6. The zero-order valence-corrected chi connectivity index (χ0v) is 23.4. The molecule has 9 nitrogen and oxygen atoms in total. The van der Waals surface area contributed by atoms with E-state index in [-0.39, 0.29) is 18.2 Å². The molecule has 0 saturated carbocycles. The van der Waals surface area contributed by atoms with Crippen molar-refractivity contribution >= 4 is 23.4 Å². The van der Waals surface area contributed by atoms with Gasteiger partial charge in [0.1, 0.15) is 5.56 Å². The van der Waals surface area contributed by atoms with Crippen molar-refractivity contribution in [1.82, 2.24) is 20.2 Å². The number of benzene rings is 3. The van der Waals surface area contributed by atoms with Crippen LogP contribution in [0.5, 0.6) is 0 Å². The average Bonchev–Trinajstić information content (AvgIpc) is 3.43. The van der Waals surface area contributed by atoms with Gasteiger partial charge in [-0.1, -0.05) is 55.1 Å². The van der Waals surface area contributed by atoms with Gasteiger partial charge in [-0.05, 0) is 33.7 Å². The fraction of sp³-hybridized carbons (Fsp3) is 0.286. The first-order chi connectivity index (χ1) is 20.6. The number of carbonyl (C=O) groups excluding carboxylic acids is 1. The largest absolute Gasteiger partial charge is 0.392 e. The second-order valence-electron chi connectivity index (χ2n) is 9.74. The molecule has 1 saturated heterocycles. The third-order valence-electron chi connectivity index (χ3n) is 6.93. The first-order valence-corrected chi connectivity index (χ1v) is 13.9. The molecule has 0 bridgehead atoms. The van der Waals surface area contributed by atoms with E-state index in [1.54, 1.807) is 25.2 Å². The van der Waals surface area contributed by atoms with Crippen LogP contribution >= 0.6 is 11.8 Å². The van der Waals surface area contributed by atoms with Gasteiger partial charge in [0, 0.05) is 30.0 Å². The predicted octanol–water partition coefficient (Wildman–Crippen LogP) is 5.23. The molecule has 4 aromatic rings. The monoisotopic (exact) mass is 621 g/mol. The second kappa shape index (κ2) is 12.8. The van der Waals surface area contributed by atoms with Crippen molar-refractivity contribution < 1.29 is 41.3 Å². The summed E-state index contributed by atoms with van der Waals surface area (Å²) in [5.41, 5.74) is 0.345. The average molecular weight is 622 g/mol. The van der Waals surface area contributed by atoms with Crippen LogP contribution in [-0.2, 0) is 23.1 Å². The standard InChI is InChI=1S/C28H24F5N5O4S/c1-13-18(12-43-28-35-36-37-38(28)2)41-27(42-25(13)15-8-6-14(11-39)7-9-15)16-4-3-5-17(10-16)34-26(40)19-20(29)22(31)24(33)23(32)21(19)30/h3-10,13,18,25,27,39H,11-12H2,1-2H3,(H,34,40)/t13-,18+,25+,27+/m0/s1. The highest BCUT2D eigenvalue weighted by Gasteiger charge is 2.39. The Hall–Kier alpha value is -3.92. The summed E-state index contributed by atoms with van der Waals surface area (Å²) >= 11 is 1.38. The van der Waals surface area contributed by atoms with Crippen molar-refractivity contribution in [2.75, 3.05) is 11.1 Å². The summed E-state index contributed by atoms with van der Waals surface area (Å²) in [6.45, 7) is 1.84. The number of carbonyl (C=O) groups is 1. The molecule has 0 radical (unpaired) electrons. The summed E-state index contributed by atoms with van der Waals surface area (Å²) in [7, 11) is 1.71. The van der Waals surface area contributed by atoms with Crippen molar-refractivity contribution in [3.63, 3.8) is 0 Å². The lowest BCUT2D eigenvalue weighted by Crippen LogP contribution is -2.38. The zero-order valence-electron chi connectivity index (χ0n) is 22.6. The van der Waals surface area contributed by atoms with Gasteiger partial charge < -0.3 is 19.9 Å². The van der Waals surface area contributed by atoms with E-state index in [4.69, 9.17) is 9.47 Å². The lowest BCUT2D eigenvalue weighted by Gasteiger charge is -2.41. The highest BCUT2D eigenvalue weighted by molar-refractivity contribution is 7.99. The van der Waals surface area contributed by atoms with E-state index in [2.05, 4.69) is 20.8 Å². The van der Waals surface area contributed by atoms with Gasteiger partial charge in [-0.3, -0.25) is 4.79 Å². The number of nitrogens with one attached hydrogen (secondary N) is 1. The van der Waals surface area contributed by atoms with Crippen LogP contribution in [0.3, 0.4) is 0 Å². The van der Waals surface area contributed by atoms with Gasteiger partial charge in [0.15, 0.2) is 29.6 Å². The smallest absolute Gasteiger partial charge is 0.261 e. The number of anilines is 1. The van der Waals surface area contributed by atoms with E-state index < -0.39 is 59.1 Å². The summed E-state index contributed by atoms with van der Waals surface area (Å²) in [5.74, 6) is -12.6. The molecule has 1 aliphatic rings. The molecule has 1 aliphatic heterocycles. The van der Waals surface area contributed by atoms with Crippen LogP contribution < -0.4 is 5.32 Å². The molecule has 0 unspecified atom stereocenters. The molecule has 15 heteroatoms. The maximum atomic E-state index is 14.2. The van der Waals surface area contributed by atoms with Crippen molar-refractivity contribution in [3.8, 4) is 0 Å². The number of aryl methyl sites for hydroxylation is 1. The van der Waals surface area contributed by atoms with Gasteiger partial charge in [0.05, 0.1) is 18.8 Å². The Bertz CT molecular complexity index is 1610. The highest BCUT2D eigenvalue weighted by Crippen LogP contribution is 2.43. The summed E-state index contributed by atoms with van der Waals surface area (Å²) < 4.78 is 83.4. The SMILES string of the molecule is C[C@H]1[C@@H](CSc2nnnn2C)O[C@@H](c2cccc(NC(=O)c3c(F)c(F)c(F)c(F)c3F)c2)O[C@H]1c1ccc(CO)cc1. The quantitative estimate of drug-likeness (QED) is 0.119. The number of rotatable bonds is 8. The van der Waals surface area contributed by atoms with Gasteiger partial charge in [-0.25, -0.2) is 26.6 Å². The third kappa shape index (κ3) is 6.25. The molecule has 4 atom stereocenters. The molecular weight excluding hydrogens is 597 g/mol. The molecule has 2 N–H and O–H groups in total. The van der Waals surface area contributed by atoms with Gasteiger partial charge >= 0.3 is 0 Å². The number of hydrogen-bond acceptors (Lipinski definition) is 8. The van der Waals surface area contributed by atoms with E-state index in [9.17, 15) is 31.9 Å². The molecule has 3 aromatic carbocycles. The molecule has 2 heterocycles. The maximum Gasteiger partial charge on any atom is 0.261 e. The van der Waals surface area contributed by atoms with Crippen LogP contribution in [-0.4, -0.2) is 43.1 Å². The number of ether oxygens (including phenoxy) is 2. The van der Waals surface area contributed by atoms with Gasteiger partial charge in [-0.2, -0.15) is 0 Å². The lowest BCUT2D eigenvalue weighted by atomic mass is 9.91. The number of halogens is 5. The van der Waals surface area contributed by atoms with E-state index >= 15 is 0 Å². The number of tetrazole rings is 1. The fourth-order valence-electron chi connectivity index (χ4n) is 4.57. The normalized spacial score (nSPS) is 20.3. The summed E-state index contributed by atoms with van der Waals surface area (Å²) in [4.78, 5) is 12.6. The molecule has 1 fully saturated rings. The Morgan fingerprint density at radius 3 is 2.28 bits per heavy atom. The summed E-state index contributed by atoms with van der Waals surface area (Å²) in [6.07, 6.45) is -1.84. The second-order valence-corrected chi connectivity index (χ2v) is 10.7. The zero-order chi connectivity index (χ0) is 30.8. The topological polar surface area (TPSA) is 111 Å². The molecule has 5 rings (SSSR count). The summed E-state index contributed by atoms with van der Waals surface area (Å²) in [6, 6.07) is 13.2. The maximum absolute atomic E-state index is 14.2. The number of aromatic nitrogens is 4. The van der Waals surface area contributed by atoms with Crippen molar-refractivity contribution in [2.45, 2.75) is 37.2 Å². The number of hydrogen-bond donors (Lipinski definition) is 2. The Kier molecular flexibility index (Phi) is 9.05. The first-order valence-electron chi connectivity index (χ1n) is 12.9. The molecule has 1 aromatic heterocycles. The van der Waals surface area contributed by atoms with Gasteiger partial charge in [0.2, 0.25) is 11.0 Å². The highest BCUT2D eigenvalue weighted by atomic mass is 32.2.